The van der Waals surface area contributed by atoms with Crippen LogP contribution in [0.1, 0.15) is 13.8 Å². The third-order valence-corrected chi connectivity index (χ3v) is 4.41. The molecule has 0 saturated carbocycles. The lowest BCUT2D eigenvalue weighted by Gasteiger charge is -2.41. The molecular formula is C18H17BrN2O3. The summed E-state index contributed by atoms with van der Waals surface area (Å²) >= 11 is 3.36. The van der Waals surface area contributed by atoms with Crippen LogP contribution in [0.25, 0.3) is 0 Å². The van der Waals surface area contributed by atoms with Gasteiger partial charge >= 0.3 is 0 Å². The molecule has 124 valence electrons. The first-order chi connectivity index (χ1) is 11.4. The van der Waals surface area contributed by atoms with Gasteiger partial charge in [0.2, 0.25) is 5.91 Å². The van der Waals surface area contributed by atoms with Gasteiger partial charge in [-0.25, -0.2) is 0 Å². The van der Waals surface area contributed by atoms with Crippen molar-refractivity contribution in [1.82, 2.24) is 0 Å². The topological polar surface area (TPSA) is 58.6 Å². The molecule has 2 aromatic rings. The van der Waals surface area contributed by atoms with Crippen molar-refractivity contribution >= 4 is 39.1 Å². The molecule has 1 aliphatic heterocycles. The zero-order valence-corrected chi connectivity index (χ0v) is 15.0. The summed E-state index contributed by atoms with van der Waals surface area (Å²) < 4.78 is 6.46. The summed E-state index contributed by atoms with van der Waals surface area (Å²) in [5.74, 6) is 0.0876. The Bertz CT molecular complexity index is 804. The van der Waals surface area contributed by atoms with Crippen LogP contribution in [0, 0.1) is 0 Å². The number of rotatable bonds is 3. The summed E-state index contributed by atoms with van der Waals surface area (Å²) in [6, 6.07) is 14.5. The molecule has 0 saturated heterocycles. The van der Waals surface area contributed by atoms with Crippen molar-refractivity contribution in [1.29, 1.82) is 0 Å². The maximum Gasteiger partial charge on any atom is 0.265 e. The monoisotopic (exact) mass is 388 g/mol. The fourth-order valence-corrected chi connectivity index (χ4v) is 3.04. The fourth-order valence-electron chi connectivity index (χ4n) is 2.66. The molecule has 1 N–H and O–H groups in total. The number of fused-ring (bicyclic) bond motifs is 1. The number of hydrogen-bond acceptors (Lipinski definition) is 3. The van der Waals surface area contributed by atoms with Gasteiger partial charge in [0, 0.05) is 4.47 Å². The first kappa shape index (κ1) is 16.5. The average Bonchev–Trinajstić information content (AvgIpc) is 2.54. The lowest BCUT2D eigenvalue weighted by molar-refractivity contribution is -0.127. The first-order valence-electron chi connectivity index (χ1n) is 7.51. The summed E-state index contributed by atoms with van der Waals surface area (Å²) in [6.07, 6.45) is 0. The molecule has 0 spiro atoms. The van der Waals surface area contributed by atoms with E-state index in [4.69, 9.17) is 4.74 Å². The molecule has 24 heavy (non-hydrogen) atoms. The molecule has 0 aliphatic carbocycles. The molecule has 2 aromatic carbocycles. The van der Waals surface area contributed by atoms with Gasteiger partial charge < -0.3 is 10.1 Å². The maximum absolute atomic E-state index is 12.8. The van der Waals surface area contributed by atoms with Crippen molar-refractivity contribution in [2.24, 2.45) is 0 Å². The van der Waals surface area contributed by atoms with Crippen LogP contribution in [-0.2, 0) is 9.59 Å². The maximum atomic E-state index is 12.8. The standard InChI is InChI=1S/C18H17BrN2O3/c1-18(2)17(23)20-14-8-3-4-9-15(14)21(18)16(22)11-24-13-7-5-6-12(19)10-13/h3-10H,11H2,1-2H3,(H,20,23). The Morgan fingerprint density at radius 3 is 2.71 bits per heavy atom. The predicted octanol–water partition coefficient (Wildman–Crippen LogP) is 3.59. The van der Waals surface area contributed by atoms with Gasteiger partial charge in [-0.15, -0.1) is 0 Å². The van der Waals surface area contributed by atoms with Gasteiger partial charge in [0.05, 0.1) is 11.4 Å². The zero-order chi connectivity index (χ0) is 17.3. The summed E-state index contributed by atoms with van der Waals surface area (Å²) in [5, 5.41) is 2.84. The quantitative estimate of drug-likeness (QED) is 0.873. The molecule has 5 nitrogen and oxygen atoms in total. The number of ether oxygens (including phenoxy) is 1. The number of para-hydroxylation sites is 2. The van der Waals surface area contributed by atoms with Crippen LogP contribution in [0.15, 0.2) is 53.0 Å². The van der Waals surface area contributed by atoms with E-state index in [0.717, 1.165) is 4.47 Å². The van der Waals surface area contributed by atoms with E-state index in [0.29, 0.717) is 17.1 Å². The zero-order valence-electron chi connectivity index (χ0n) is 13.4. The van der Waals surface area contributed by atoms with Crippen molar-refractivity contribution in [3.05, 3.63) is 53.0 Å². The molecule has 6 heteroatoms. The normalized spacial score (nSPS) is 15.5. The molecule has 1 heterocycles. The lowest BCUT2D eigenvalue weighted by atomic mass is 9.96. The Kier molecular flexibility index (Phi) is 4.32. The fraction of sp³-hybridized carbons (Fsp3) is 0.222. The molecule has 0 fully saturated rings. The predicted molar refractivity (Wildman–Crippen MR) is 96.3 cm³/mol. The van der Waals surface area contributed by atoms with Crippen LogP contribution in [0.4, 0.5) is 11.4 Å². The van der Waals surface area contributed by atoms with E-state index in [1.54, 1.807) is 32.0 Å². The van der Waals surface area contributed by atoms with Crippen molar-refractivity contribution in [2.75, 3.05) is 16.8 Å². The van der Waals surface area contributed by atoms with Gasteiger partial charge in [-0.2, -0.15) is 0 Å². The lowest BCUT2D eigenvalue weighted by Crippen LogP contribution is -2.59. The Hall–Kier alpha value is -2.34. The summed E-state index contributed by atoms with van der Waals surface area (Å²) in [6.45, 7) is 3.28. The second kappa shape index (κ2) is 6.28. The van der Waals surface area contributed by atoms with E-state index in [-0.39, 0.29) is 18.4 Å². The molecule has 0 bridgehead atoms. The van der Waals surface area contributed by atoms with E-state index in [1.165, 1.54) is 4.90 Å². The minimum atomic E-state index is -0.994. The van der Waals surface area contributed by atoms with Crippen LogP contribution < -0.4 is 15.0 Å². The molecule has 2 amide bonds. The number of benzene rings is 2. The highest BCUT2D eigenvalue weighted by molar-refractivity contribution is 9.10. The minimum Gasteiger partial charge on any atom is -0.484 e. The Morgan fingerprint density at radius 2 is 1.96 bits per heavy atom. The molecule has 3 rings (SSSR count). The number of carbonyl (C=O) groups excluding carboxylic acids is 2. The molecule has 1 aliphatic rings. The Morgan fingerprint density at radius 1 is 1.21 bits per heavy atom. The van der Waals surface area contributed by atoms with E-state index in [9.17, 15) is 9.59 Å². The largest absolute Gasteiger partial charge is 0.484 e. The summed E-state index contributed by atoms with van der Waals surface area (Å²) in [4.78, 5) is 26.6. The third kappa shape index (κ3) is 3.01. The van der Waals surface area contributed by atoms with Gasteiger partial charge in [0.1, 0.15) is 11.3 Å². The number of nitrogens with zero attached hydrogens (tertiary/aromatic N) is 1. The van der Waals surface area contributed by atoms with Gasteiger partial charge in [-0.3, -0.25) is 14.5 Å². The second-order valence-corrected chi connectivity index (χ2v) is 6.92. The highest BCUT2D eigenvalue weighted by Crippen LogP contribution is 2.36. The van der Waals surface area contributed by atoms with Crippen molar-refractivity contribution < 1.29 is 14.3 Å². The van der Waals surface area contributed by atoms with Crippen molar-refractivity contribution in [3.8, 4) is 5.75 Å². The second-order valence-electron chi connectivity index (χ2n) is 6.01. The number of halogens is 1. The van der Waals surface area contributed by atoms with Crippen molar-refractivity contribution in [3.63, 3.8) is 0 Å². The Balaban J connectivity index is 1.86. The van der Waals surface area contributed by atoms with Gasteiger partial charge in [-0.1, -0.05) is 34.1 Å². The van der Waals surface area contributed by atoms with E-state index in [2.05, 4.69) is 21.2 Å². The number of nitrogens with one attached hydrogen (secondary N) is 1. The SMILES string of the molecule is CC1(C)C(=O)Nc2ccccc2N1C(=O)COc1cccc(Br)c1. The molecule has 0 aromatic heterocycles. The highest BCUT2D eigenvalue weighted by atomic mass is 79.9. The highest BCUT2D eigenvalue weighted by Gasteiger charge is 2.43. The van der Waals surface area contributed by atoms with Crippen LogP contribution in [0.2, 0.25) is 0 Å². The third-order valence-electron chi connectivity index (χ3n) is 3.92. The summed E-state index contributed by atoms with van der Waals surface area (Å²) in [7, 11) is 0. The van der Waals surface area contributed by atoms with Gasteiger partial charge in [0.15, 0.2) is 6.61 Å². The number of hydrogen-bond donors (Lipinski definition) is 1. The van der Waals surface area contributed by atoms with Crippen LogP contribution in [0.5, 0.6) is 5.75 Å². The van der Waals surface area contributed by atoms with E-state index >= 15 is 0 Å². The Labute approximate surface area is 148 Å². The van der Waals surface area contributed by atoms with Crippen LogP contribution >= 0.6 is 15.9 Å². The van der Waals surface area contributed by atoms with E-state index < -0.39 is 5.54 Å². The van der Waals surface area contributed by atoms with Gasteiger partial charge in [0.25, 0.3) is 5.91 Å². The molecular weight excluding hydrogens is 372 g/mol. The molecule has 0 radical (unpaired) electrons. The van der Waals surface area contributed by atoms with E-state index in [1.807, 2.05) is 30.3 Å². The van der Waals surface area contributed by atoms with Crippen LogP contribution in [0.3, 0.4) is 0 Å². The number of anilines is 2. The smallest absolute Gasteiger partial charge is 0.265 e. The number of carbonyl (C=O) groups is 2. The molecule has 0 atom stereocenters. The minimum absolute atomic E-state index is 0.151. The first-order valence-corrected chi connectivity index (χ1v) is 8.31. The molecule has 0 unspecified atom stereocenters. The van der Waals surface area contributed by atoms with Crippen molar-refractivity contribution in [2.45, 2.75) is 19.4 Å². The number of amides is 2. The summed E-state index contributed by atoms with van der Waals surface area (Å²) in [5.41, 5.74) is 0.300. The van der Waals surface area contributed by atoms with Crippen LogP contribution in [-0.4, -0.2) is 24.0 Å². The van der Waals surface area contributed by atoms with Gasteiger partial charge in [-0.05, 0) is 44.2 Å². The average molecular weight is 389 g/mol.